The van der Waals surface area contributed by atoms with E-state index in [0.29, 0.717) is 6.54 Å². The standard InChI is InChI=1S/C10H10BrNO2/c11-9-6-8(10(13)14)4-3-7(9)2-1-5-12/h1-4,6H,5,12H2,(H,13,14). The molecule has 0 amide bonds. The van der Waals surface area contributed by atoms with Crippen molar-refractivity contribution in [1.29, 1.82) is 0 Å². The lowest BCUT2D eigenvalue weighted by atomic mass is 10.1. The summed E-state index contributed by atoms with van der Waals surface area (Å²) in [7, 11) is 0. The highest BCUT2D eigenvalue weighted by atomic mass is 79.9. The van der Waals surface area contributed by atoms with Crippen LogP contribution in [0.3, 0.4) is 0 Å². The van der Waals surface area contributed by atoms with Crippen molar-refractivity contribution in [1.82, 2.24) is 0 Å². The fourth-order valence-electron chi connectivity index (χ4n) is 0.990. The van der Waals surface area contributed by atoms with E-state index in [1.165, 1.54) is 0 Å². The lowest BCUT2D eigenvalue weighted by Gasteiger charge is -2.00. The highest BCUT2D eigenvalue weighted by Gasteiger charge is 2.04. The number of benzene rings is 1. The van der Waals surface area contributed by atoms with Crippen LogP contribution in [-0.4, -0.2) is 17.6 Å². The first-order valence-corrected chi connectivity index (χ1v) is 4.84. The van der Waals surface area contributed by atoms with Crippen LogP contribution in [0.2, 0.25) is 0 Å². The molecule has 14 heavy (non-hydrogen) atoms. The average molecular weight is 256 g/mol. The number of rotatable bonds is 3. The van der Waals surface area contributed by atoms with E-state index in [9.17, 15) is 4.79 Å². The minimum atomic E-state index is -0.931. The molecule has 0 heterocycles. The molecule has 0 unspecified atom stereocenters. The maximum atomic E-state index is 10.6. The number of carbonyl (C=O) groups is 1. The summed E-state index contributed by atoms with van der Waals surface area (Å²) in [5.74, 6) is -0.931. The van der Waals surface area contributed by atoms with Crippen molar-refractivity contribution in [2.24, 2.45) is 5.73 Å². The molecule has 1 aromatic carbocycles. The summed E-state index contributed by atoms with van der Waals surface area (Å²) in [6, 6.07) is 4.86. The minimum absolute atomic E-state index is 0.266. The predicted octanol–water partition coefficient (Wildman–Crippen LogP) is 2.12. The van der Waals surface area contributed by atoms with Gasteiger partial charge in [0.25, 0.3) is 0 Å². The van der Waals surface area contributed by atoms with Crippen LogP contribution < -0.4 is 5.73 Å². The van der Waals surface area contributed by atoms with Gasteiger partial charge in [-0.1, -0.05) is 34.1 Å². The number of halogens is 1. The van der Waals surface area contributed by atoms with Crippen LogP contribution in [0.4, 0.5) is 0 Å². The van der Waals surface area contributed by atoms with Gasteiger partial charge in [0.05, 0.1) is 5.56 Å². The van der Waals surface area contributed by atoms with E-state index < -0.39 is 5.97 Å². The molecule has 0 atom stereocenters. The molecule has 74 valence electrons. The molecule has 1 rings (SSSR count). The van der Waals surface area contributed by atoms with Crippen LogP contribution in [0.1, 0.15) is 15.9 Å². The summed E-state index contributed by atoms with van der Waals surface area (Å²) in [5.41, 5.74) is 6.49. The second-order valence-electron chi connectivity index (χ2n) is 2.68. The number of hydrogen-bond donors (Lipinski definition) is 2. The van der Waals surface area contributed by atoms with Crippen molar-refractivity contribution in [3.8, 4) is 0 Å². The summed E-state index contributed by atoms with van der Waals surface area (Å²) in [6.07, 6.45) is 3.65. The third kappa shape index (κ3) is 2.68. The summed E-state index contributed by atoms with van der Waals surface area (Å²) < 4.78 is 0.752. The molecule has 0 aliphatic rings. The summed E-state index contributed by atoms with van der Waals surface area (Å²) >= 11 is 3.29. The Bertz CT molecular complexity index is 374. The molecule has 0 aliphatic carbocycles. The predicted molar refractivity (Wildman–Crippen MR) is 59.2 cm³/mol. The van der Waals surface area contributed by atoms with Crippen LogP contribution in [0, 0.1) is 0 Å². The second-order valence-corrected chi connectivity index (χ2v) is 3.53. The Kier molecular flexibility index (Phi) is 3.85. The fraction of sp³-hybridized carbons (Fsp3) is 0.100. The number of aromatic carboxylic acids is 1. The molecule has 0 radical (unpaired) electrons. The lowest BCUT2D eigenvalue weighted by Crippen LogP contribution is -1.96. The number of carboxylic acid groups (broad SMARTS) is 1. The zero-order valence-corrected chi connectivity index (χ0v) is 8.99. The SMILES string of the molecule is NCC=Cc1ccc(C(=O)O)cc1Br. The molecule has 0 bridgehead atoms. The molecule has 0 saturated carbocycles. The molecule has 0 fully saturated rings. The fourth-order valence-corrected chi connectivity index (χ4v) is 1.50. The molecular weight excluding hydrogens is 246 g/mol. The van der Waals surface area contributed by atoms with Gasteiger partial charge in [0.15, 0.2) is 0 Å². The Morgan fingerprint density at radius 3 is 2.79 bits per heavy atom. The van der Waals surface area contributed by atoms with E-state index in [4.69, 9.17) is 10.8 Å². The Morgan fingerprint density at radius 2 is 2.29 bits per heavy atom. The Morgan fingerprint density at radius 1 is 1.57 bits per heavy atom. The topological polar surface area (TPSA) is 63.3 Å². The Hall–Kier alpha value is -1.13. The highest BCUT2D eigenvalue weighted by molar-refractivity contribution is 9.10. The lowest BCUT2D eigenvalue weighted by molar-refractivity contribution is 0.0697. The monoisotopic (exact) mass is 255 g/mol. The number of carboxylic acids is 1. The van der Waals surface area contributed by atoms with Crippen LogP contribution in [0.25, 0.3) is 6.08 Å². The van der Waals surface area contributed by atoms with E-state index in [1.807, 2.05) is 6.08 Å². The molecule has 0 aliphatic heterocycles. The third-order valence-electron chi connectivity index (χ3n) is 1.68. The van der Waals surface area contributed by atoms with Gasteiger partial charge in [-0.15, -0.1) is 0 Å². The van der Waals surface area contributed by atoms with Gasteiger partial charge in [0.2, 0.25) is 0 Å². The molecule has 0 aromatic heterocycles. The average Bonchev–Trinajstić information content (AvgIpc) is 2.15. The maximum absolute atomic E-state index is 10.6. The summed E-state index contributed by atoms with van der Waals surface area (Å²) in [6.45, 7) is 0.465. The molecular formula is C10H10BrNO2. The van der Waals surface area contributed by atoms with Gasteiger partial charge in [-0.3, -0.25) is 0 Å². The zero-order valence-electron chi connectivity index (χ0n) is 7.40. The van der Waals surface area contributed by atoms with E-state index in [1.54, 1.807) is 24.3 Å². The Balaban J connectivity index is 3.01. The number of hydrogen-bond acceptors (Lipinski definition) is 2. The molecule has 0 saturated heterocycles. The van der Waals surface area contributed by atoms with Crippen molar-refractivity contribution in [2.75, 3.05) is 6.54 Å². The van der Waals surface area contributed by atoms with E-state index in [2.05, 4.69) is 15.9 Å². The van der Waals surface area contributed by atoms with Crippen molar-refractivity contribution < 1.29 is 9.90 Å². The van der Waals surface area contributed by atoms with Crippen molar-refractivity contribution in [3.05, 3.63) is 39.9 Å². The van der Waals surface area contributed by atoms with Gasteiger partial charge < -0.3 is 10.8 Å². The quantitative estimate of drug-likeness (QED) is 0.870. The van der Waals surface area contributed by atoms with Crippen molar-refractivity contribution in [3.63, 3.8) is 0 Å². The molecule has 3 nitrogen and oxygen atoms in total. The van der Waals surface area contributed by atoms with Gasteiger partial charge in [0, 0.05) is 11.0 Å². The van der Waals surface area contributed by atoms with E-state index in [-0.39, 0.29) is 5.56 Å². The maximum Gasteiger partial charge on any atom is 0.335 e. The summed E-state index contributed by atoms with van der Waals surface area (Å²) in [4.78, 5) is 10.6. The van der Waals surface area contributed by atoms with Crippen molar-refractivity contribution >= 4 is 28.0 Å². The van der Waals surface area contributed by atoms with E-state index in [0.717, 1.165) is 10.0 Å². The van der Waals surface area contributed by atoms with Gasteiger partial charge in [0.1, 0.15) is 0 Å². The first kappa shape index (κ1) is 10.9. The molecule has 1 aromatic rings. The Labute approximate surface area is 90.4 Å². The van der Waals surface area contributed by atoms with Gasteiger partial charge in [-0.25, -0.2) is 4.79 Å². The number of nitrogens with two attached hydrogens (primary N) is 1. The van der Waals surface area contributed by atoms with Crippen LogP contribution in [0.5, 0.6) is 0 Å². The first-order valence-electron chi connectivity index (χ1n) is 4.04. The van der Waals surface area contributed by atoms with Gasteiger partial charge in [-0.05, 0) is 17.7 Å². The zero-order chi connectivity index (χ0) is 10.6. The summed E-state index contributed by atoms with van der Waals surface area (Å²) in [5, 5.41) is 8.72. The second kappa shape index (κ2) is 4.93. The molecule has 4 heteroatoms. The normalized spacial score (nSPS) is 10.7. The van der Waals surface area contributed by atoms with Gasteiger partial charge in [-0.2, -0.15) is 0 Å². The minimum Gasteiger partial charge on any atom is -0.478 e. The largest absolute Gasteiger partial charge is 0.478 e. The van der Waals surface area contributed by atoms with Crippen LogP contribution in [-0.2, 0) is 0 Å². The van der Waals surface area contributed by atoms with Crippen LogP contribution >= 0.6 is 15.9 Å². The molecule has 0 spiro atoms. The van der Waals surface area contributed by atoms with Crippen molar-refractivity contribution in [2.45, 2.75) is 0 Å². The first-order chi connectivity index (χ1) is 6.65. The highest BCUT2D eigenvalue weighted by Crippen LogP contribution is 2.19. The van der Waals surface area contributed by atoms with Gasteiger partial charge >= 0.3 is 5.97 Å². The smallest absolute Gasteiger partial charge is 0.335 e. The van der Waals surface area contributed by atoms with E-state index >= 15 is 0 Å². The van der Waals surface area contributed by atoms with Crippen LogP contribution in [0.15, 0.2) is 28.7 Å². The third-order valence-corrected chi connectivity index (χ3v) is 2.37. The molecule has 3 N–H and O–H groups in total.